The molecule has 18 heavy (non-hydrogen) atoms. The highest BCUT2D eigenvalue weighted by atomic mass is 16.1. The first-order valence-electron chi connectivity index (χ1n) is 6.13. The molecule has 0 unspecified atom stereocenters. The lowest BCUT2D eigenvalue weighted by atomic mass is 9.88. The van der Waals surface area contributed by atoms with E-state index in [1.54, 1.807) is 12.1 Å². The Morgan fingerprint density at radius 2 is 1.89 bits per heavy atom. The summed E-state index contributed by atoms with van der Waals surface area (Å²) in [6, 6.07) is 7.44. The number of azide groups is 1. The summed E-state index contributed by atoms with van der Waals surface area (Å²) < 4.78 is 0. The lowest BCUT2D eigenvalue weighted by Gasteiger charge is -2.16. The molecule has 0 radical (unpaired) electrons. The zero-order valence-electron chi connectivity index (χ0n) is 10.1. The molecule has 1 aromatic carbocycles. The van der Waals surface area contributed by atoms with E-state index in [9.17, 15) is 4.79 Å². The normalized spacial score (nSPS) is 16.8. The summed E-state index contributed by atoms with van der Waals surface area (Å²) in [6.07, 6.45) is 7.60. The van der Waals surface area contributed by atoms with Crippen molar-refractivity contribution in [2.24, 2.45) is 11.0 Å². The third-order valence-corrected chi connectivity index (χ3v) is 3.20. The number of hydrogen-bond donors (Lipinski definition) is 0. The largest absolute Gasteiger partial charge is 0.300 e. The molecule has 92 valence electrons. The van der Waals surface area contributed by atoms with Gasteiger partial charge in [0.15, 0.2) is 0 Å². The number of rotatable bonds is 3. The third kappa shape index (κ3) is 3.47. The minimum Gasteiger partial charge on any atom is -0.300 e. The predicted molar refractivity (Wildman–Crippen MR) is 71.2 cm³/mol. The van der Waals surface area contributed by atoms with Gasteiger partial charge in [-0.1, -0.05) is 41.5 Å². The van der Waals surface area contributed by atoms with Crippen LogP contribution in [0.15, 0.2) is 35.5 Å². The molecule has 0 atom stereocenters. The van der Waals surface area contributed by atoms with Crippen LogP contribution in [0.3, 0.4) is 0 Å². The fourth-order valence-electron chi connectivity index (χ4n) is 2.11. The van der Waals surface area contributed by atoms with Crippen molar-refractivity contribution in [3.63, 3.8) is 0 Å². The molecule has 0 heterocycles. The lowest BCUT2D eigenvalue weighted by molar-refractivity contribution is -0.120. The fourth-order valence-corrected chi connectivity index (χ4v) is 2.11. The molecule has 0 amide bonds. The quantitative estimate of drug-likeness (QED) is 0.439. The molecule has 0 aromatic heterocycles. The van der Waals surface area contributed by atoms with Crippen LogP contribution in [-0.4, -0.2) is 5.78 Å². The van der Waals surface area contributed by atoms with Gasteiger partial charge in [-0.2, -0.15) is 0 Å². The molecule has 0 bridgehead atoms. The van der Waals surface area contributed by atoms with Crippen LogP contribution in [0.5, 0.6) is 0 Å². The highest BCUT2D eigenvalue weighted by Gasteiger charge is 2.15. The number of carbonyl (C=O) groups is 1. The number of carbonyl (C=O) groups excluding carboxylic acids is 1. The second kappa shape index (κ2) is 6.03. The maximum atomic E-state index is 11.1. The van der Waals surface area contributed by atoms with Gasteiger partial charge in [0.25, 0.3) is 0 Å². The Hall–Kier alpha value is -2.06. The van der Waals surface area contributed by atoms with Gasteiger partial charge in [0.05, 0.1) is 0 Å². The molecule has 1 aromatic rings. The van der Waals surface area contributed by atoms with Crippen molar-refractivity contribution in [3.05, 3.63) is 46.3 Å². The van der Waals surface area contributed by atoms with Gasteiger partial charge in [-0.15, -0.1) is 0 Å². The molecule has 1 fully saturated rings. The van der Waals surface area contributed by atoms with Crippen molar-refractivity contribution < 1.29 is 4.79 Å². The molecule has 2 rings (SSSR count). The summed E-state index contributed by atoms with van der Waals surface area (Å²) >= 11 is 0. The first-order chi connectivity index (χ1) is 8.78. The van der Waals surface area contributed by atoms with Gasteiger partial charge in [-0.3, -0.25) is 4.79 Å². The summed E-state index contributed by atoms with van der Waals surface area (Å²) in [5.74, 6) is 0.901. The molecule has 4 heteroatoms. The summed E-state index contributed by atoms with van der Waals surface area (Å²) in [5.41, 5.74) is 10.0. The van der Waals surface area contributed by atoms with Crippen molar-refractivity contribution in [1.29, 1.82) is 0 Å². The van der Waals surface area contributed by atoms with Gasteiger partial charge in [-0.25, -0.2) is 0 Å². The average molecular weight is 241 g/mol. The van der Waals surface area contributed by atoms with Crippen LogP contribution in [0.2, 0.25) is 0 Å². The monoisotopic (exact) mass is 241 g/mol. The number of ketones is 1. The van der Waals surface area contributed by atoms with Crippen molar-refractivity contribution in [2.75, 3.05) is 0 Å². The van der Waals surface area contributed by atoms with Crippen molar-refractivity contribution in [2.45, 2.75) is 25.7 Å². The minimum absolute atomic E-state index is 0.387. The molecular weight excluding hydrogens is 226 g/mol. The number of benzene rings is 1. The van der Waals surface area contributed by atoms with Crippen molar-refractivity contribution in [1.82, 2.24) is 0 Å². The molecule has 1 saturated carbocycles. The van der Waals surface area contributed by atoms with E-state index in [-0.39, 0.29) is 0 Å². The highest BCUT2D eigenvalue weighted by Crippen LogP contribution is 2.23. The second-order valence-electron chi connectivity index (χ2n) is 4.52. The first-order valence-corrected chi connectivity index (χ1v) is 6.13. The Morgan fingerprint density at radius 3 is 2.50 bits per heavy atom. The average Bonchev–Trinajstić information content (AvgIpc) is 2.40. The Labute approximate surface area is 106 Å². The maximum absolute atomic E-state index is 11.1. The van der Waals surface area contributed by atoms with E-state index in [0.717, 1.165) is 18.4 Å². The fraction of sp³-hybridized carbons (Fsp3) is 0.357. The molecule has 1 aliphatic carbocycles. The Kier molecular flexibility index (Phi) is 4.15. The highest BCUT2D eigenvalue weighted by molar-refractivity contribution is 5.79. The Balaban J connectivity index is 1.96. The van der Waals surface area contributed by atoms with E-state index in [0.29, 0.717) is 30.2 Å². The van der Waals surface area contributed by atoms with E-state index in [1.807, 2.05) is 12.1 Å². The predicted octanol–water partition coefficient (Wildman–Crippen LogP) is 4.40. The molecule has 0 saturated heterocycles. The standard InChI is InChI=1S/C14H15N3O/c15-17-16-13-7-3-11(4-8-13)1-2-12-5-9-14(18)10-6-12/h1-4,7-8,12H,5-6,9-10H2. The second-order valence-corrected chi connectivity index (χ2v) is 4.52. The lowest BCUT2D eigenvalue weighted by Crippen LogP contribution is -2.11. The third-order valence-electron chi connectivity index (χ3n) is 3.20. The van der Waals surface area contributed by atoms with Gasteiger partial charge >= 0.3 is 0 Å². The number of Topliss-reactive ketones (excluding diaryl/α,β-unsaturated/α-hetero) is 1. The molecular formula is C14H15N3O. The van der Waals surface area contributed by atoms with Crippen LogP contribution in [-0.2, 0) is 4.79 Å². The zero-order valence-corrected chi connectivity index (χ0v) is 10.1. The van der Waals surface area contributed by atoms with Crippen LogP contribution in [0.25, 0.3) is 16.5 Å². The molecule has 0 spiro atoms. The van der Waals surface area contributed by atoms with Gasteiger partial charge in [0, 0.05) is 23.4 Å². The van der Waals surface area contributed by atoms with Crippen molar-refractivity contribution in [3.8, 4) is 0 Å². The van der Waals surface area contributed by atoms with Crippen LogP contribution >= 0.6 is 0 Å². The smallest absolute Gasteiger partial charge is 0.132 e. The summed E-state index contributed by atoms with van der Waals surface area (Å²) in [5, 5.41) is 3.53. The van der Waals surface area contributed by atoms with Crippen LogP contribution in [0, 0.1) is 5.92 Å². The molecule has 4 nitrogen and oxygen atoms in total. The first kappa shape index (κ1) is 12.4. The number of nitrogens with zero attached hydrogens (tertiary/aromatic N) is 3. The summed E-state index contributed by atoms with van der Waals surface area (Å²) in [4.78, 5) is 13.9. The van der Waals surface area contributed by atoms with Gasteiger partial charge in [0.2, 0.25) is 0 Å². The van der Waals surface area contributed by atoms with Crippen LogP contribution in [0.1, 0.15) is 31.2 Å². The number of hydrogen-bond acceptors (Lipinski definition) is 2. The van der Waals surface area contributed by atoms with Gasteiger partial charge in [-0.05, 0) is 29.9 Å². The maximum Gasteiger partial charge on any atom is 0.132 e. The summed E-state index contributed by atoms with van der Waals surface area (Å²) in [7, 11) is 0. The van der Waals surface area contributed by atoms with E-state index in [2.05, 4.69) is 22.2 Å². The van der Waals surface area contributed by atoms with E-state index in [1.165, 1.54) is 0 Å². The topological polar surface area (TPSA) is 65.8 Å². The minimum atomic E-state index is 0.387. The Morgan fingerprint density at radius 1 is 1.22 bits per heavy atom. The van der Waals surface area contributed by atoms with Crippen LogP contribution < -0.4 is 0 Å². The summed E-state index contributed by atoms with van der Waals surface area (Å²) in [6.45, 7) is 0. The van der Waals surface area contributed by atoms with E-state index in [4.69, 9.17) is 5.53 Å². The Bertz CT molecular complexity index is 488. The van der Waals surface area contributed by atoms with Gasteiger partial charge in [0.1, 0.15) is 5.78 Å². The van der Waals surface area contributed by atoms with Gasteiger partial charge < -0.3 is 0 Å². The molecule has 1 aliphatic rings. The molecule has 0 N–H and O–H groups in total. The van der Waals surface area contributed by atoms with Crippen LogP contribution in [0.4, 0.5) is 5.69 Å². The van der Waals surface area contributed by atoms with Crippen molar-refractivity contribution >= 4 is 17.5 Å². The SMILES string of the molecule is [N-]=[N+]=Nc1ccc(C=CC2CCC(=O)CC2)cc1. The number of allylic oxidation sites excluding steroid dienone is 1. The van der Waals surface area contributed by atoms with E-state index < -0.39 is 0 Å². The zero-order chi connectivity index (χ0) is 12.8. The molecule has 0 aliphatic heterocycles. The van der Waals surface area contributed by atoms with E-state index >= 15 is 0 Å².